The predicted octanol–water partition coefficient (Wildman–Crippen LogP) is 2.55. The van der Waals surface area contributed by atoms with Gasteiger partial charge in [-0.25, -0.2) is 0 Å². The van der Waals surface area contributed by atoms with Gasteiger partial charge < -0.3 is 15.3 Å². The van der Waals surface area contributed by atoms with E-state index in [0.717, 1.165) is 12.1 Å². The van der Waals surface area contributed by atoms with Crippen molar-refractivity contribution in [1.29, 1.82) is 0 Å². The Hall–Kier alpha value is -2.49. The van der Waals surface area contributed by atoms with E-state index in [9.17, 15) is 10.2 Å². The van der Waals surface area contributed by atoms with Crippen LogP contribution >= 0.6 is 0 Å². The van der Waals surface area contributed by atoms with Crippen LogP contribution in [0.1, 0.15) is 5.56 Å². The molecule has 0 fully saturated rings. The molecular formula is C13H11NO3. The van der Waals surface area contributed by atoms with Gasteiger partial charge in [0, 0.05) is 18.3 Å². The van der Waals surface area contributed by atoms with E-state index >= 15 is 0 Å². The molecule has 86 valence electrons. The standard InChI is InChI=1S/C13H11NO3/c15-10-6-12(16)11(13(17)7-10)8-14-9-4-2-1-3-5-9/h1-8,15-17H/b14-8+. The van der Waals surface area contributed by atoms with E-state index in [1.54, 1.807) is 12.1 Å². The Balaban J connectivity index is 2.34. The zero-order valence-corrected chi connectivity index (χ0v) is 8.91. The molecule has 0 aliphatic carbocycles. The highest BCUT2D eigenvalue weighted by Gasteiger charge is 2.06. The van der Waals surface area contributed by atoms with Gasteiger partial charge >= 0.3 is 0 Å². The molecule has 0 atom stereocenters. The Morgan fingerprint density at radius 2 is 1.47 bits per heavy atom. The summed E-state index contributed by atoms with van der Waals surface area (Å²) in [4.78, 5) is 4.10. The van der Waals surface area contributed by atoms with Crippen LogP contribution < -0.4 is 0 Å². The van der Waals surface area contributed by atoms with Gasteiger partial charge in [-0.1, -0.05) is 18.2 Å². The first-order valence-corrected chi connectivity index (χ1v) is 5.01. The van der Waals surface area contributed by atoms with E-state index in [1.807, 2.05) is 18.2 Å². The van der Waals surface area contributed by atoms with Crippen LogP contribution in [0.3, 0.4) is 0 Å². The largest absolute Gasteiger partial charge is 0.508 e. The average Bonchev–Trinajstić information content (AvgIpc) is 2.29. The molecular weight excluding hydrogens is 218 g/mol. The van der Waals surface area contributed by atoms with Crippen LogP contribution in [0.2, 0.25) is 0 Å². The highest BCUT2D eigenvalue weighted by molar-refractivity contribution is 5.89. The van der Waals surface area contributed by atoms with Crippen molar-refractivity contribution in [2.24, 2.45) is 4.99 Å². The Morgan fingerprint density at radius 1 is 0.882 bits per heavy atom. The fourth-order valence-electron chi connectivity index (χ4n) is 1.39. The number of phenols is 3. The van der Waals surface area contributed by atoms with Crippen LogP contribution in [0.4, 0.5) is 5.69 Å². The number of phenolic OH excluding ortho intramolecular Hbond substituents is 3. The van der Waals surface area contributed by atoms with Crippen LogP contribution in [0.25, 0.3) is 0 Å². The second kappa shape index (κ2) is 4.57. The second-order valence-electron chi connectivity index (χ2n) is 3.49. The lowest BCUT2D eigenvalue weighted by Crippen LogP contribution is -1.83. The third kappa shape index (κ3) is 2.55. The second-order valence-corrected chi connectivity index (χ2v) is 3.49. The molecule has 4 nitrogen and oxygen atoms in total. The summed E-state index contributed by atoms with van der Waals surface area (Å²) in [6.07, 6.45) is 1.35. The first-order chi connectivity index (χ1) is 8.16. The average molecular weight is 229 g/mol. The molecule has 0 radical (unpaired) electrons. The minimum Gasteiger partial charge on any atom is -0.508 e. The van der Waals surface area contributed by atoms with Crippen molar-refractivity contribution in [2.75, 3.05) is 0 Å². The zero-order valence-electron chi connectivity index (χ0n) is 8.91. The maximum atomic E-state index is 9.54. The van der Waals surface area contributed by atoms with E-state index < -0.39 is 0 Å². The number of aliphatic imine (C=N–C) groups is 1. The van der Waals surface area contributed by atoms with Gasteiger partial charge in [0.15, 0.2) is 0 Å². The molecule has 2 aromatic rings. The molecule has 2 aromatic carbocycles. The van der Waals surface area contributed by atoms with Crippen molar-refractivity contribution in [3.05, 3.63) is 48.0 Å². The number of nitrogens with zero attached hydrogens (tertiary/aromatic N) is 1. The van der Waals surface area contributed by atoms with Gasteiger partial charge in [0.25, 0.3) is 0 Å². The number of rotatable bonds is 2. The minimum absolute atomic E-state index is 0.173. The molecule has 4 heteroatoms. The lowest BCUT2D eigenvalue weighted by Gasteiger charge is -2.02. The topological polar surface area (TPSA) is 73.0 Å². The van der Waals surface area contributed by atoms with Gasteiger partial charge in [0.1, 0.15) is 17.2 Å². The molecule has 0 aromatic heterocycles. The van der Waals surface area contributed by atoms with Gasteiger partial charge in [-0.3, -0.25) is 4.99 Å². The Labute approximate surface area is 98.1 Å². The lowest BCUT2D eigenvalue weighted by atomic mass is 10.2. The molecule has 0 aliphatic rings. The van der Waals surface area contributed by atoms with Crippen molar-refractivity contribution in [3.8, 4) is 17.2 Å². The summed E-state index contributed by atoms with van der Waals surface area (Å²) in [6.45, 7) is 0. The molecule has 0 amide bonds. The molecule has 3 N–H and O–H groups in total. The lowest BCUT2D eigenvalue weighted by molar-refractivity contribution is 0.427. The Morgan fingerprint density at radius 3 is 2.06 bits per heavy atom. The van der Waals surface area contributed by atoms with Crippen LogP contribution in [-0.4, -0.2) is 21.5 Å². The smallest absolute Gasteiger partial charge is 0.131 e. The molecule has 0 saturated carbocycles. The van der Waals surface area contributed by atoms with Gasteiger partial charge in [-0.2, -0.15) is 0 Å². The van der Waals surface area contributed by atoms with Crippen molar-refractivity contribution >= 4 is 11.9 Å². The summed E-state index contributed by atoms with van der Waals surface area (Å²) in [5.74, 6) is -0.638. The molecule has 0 spiro atoms. The van der Waals surface area contributed by atoms with Crippen molar-refractivity contribution in [1.82, 2.24) is 0 Å². The maximum Gasteiger partial charge on any atom is 0.131 e. The third-order valence-corrected chi connectivity index (χ3v) is 2.22. The molecule has 0 unspecified atom stereocenters. The third-order valence-electron chi connectivity index (χ3n) is 2.22. The highest BCUT2D eigenvalue weighted by Crippen LogP contribution is 2.30. The first kappa shape index (κ1) is 11.0. The fraction of sp³-hybridized carbons (Fsp3) is 0. The number of benzene rings is 2. The summed E-state index contributed by atoms with van der Waals surface area (Å²) in [5, 5.41) is 28.2. The summed E-state index contributed by atoms with van der Waals surface area (Å²) >= 11 is 0. The first-order valence-electron chi connectivity index (χ1n) is 5.01. The molecule has 17 heavy (non-hydrogen) atoms. The van der Waals surface area contributed by atoms with E-state index in [-0.39, 0.29) is 22.8 Å². The molecule has 0 heterocycles. The normalized spacial score (nSPS) is 10.8. The van der Waals surface area contributed by atoms with Crippen LogP contribution in [0.5, 0.6) is 17.2 Å². The summed E-state index contributed by atoms with van der Waals surface area (Å²) in [6, 6.07) is 11.4. The number of aromatic hydroxyl groups is 3. The van der Waals surface area contributed by atoms with Crippen molar-refractivity contribution < 1.29 is 15.3 Å². The van der Waals surface area contributed by atoms with E-state index in [2.05, 4.69) is 4.99 Å². The minimum atomic E-state index is -0.220. The zero-order chi connectivity index (χ0) is 12.3. The summed E-state index contributed by atoms with van der Waals surface area (Å²) in [5.41, 5.74) is 0.881. The van der Waals surface area contributed by atoms with E-state index in [4.69, 9.17) is 5.11 Å². The van der Waals surface area contributed by atoms with Crippen LogP contribution in [0, 0.1) is 0 Å². The highest BCUT2D eigenvalue weighted by atomic mass is 16.3. The summed E-state index contributed by atoms with van der Waals surface area (Å²) in [7, 11) is 0. The van der Waals surface area contributed by atoms with Gasteiger partial charge in [0.05, 0.1) is 11.3 Å². The Bertz CT molecular complexity index is 527. The number of para-hydroxylation sites is 1. The fourth-order valence-corrected chi connectivity index (χ4v) is 1.39. The van der Waals surface area contributed by atoms with Crippen LogP contribution in [-0.2, 0) is 0 Å². The van der Waals surface area contributed by atoms with Gasteiger partial charge in [-0.15, -0.1) is 0 Å². The quantitative estimate of drug-likeness (QED) is 0.693. The van der Waals surface area contributed by atoms with Crippen molar-refractivity contribution in [2.45, 2.75) is 0 Å². The molecule has 0 aliphatic heterocycles. The van der Waals surface area contributed by atoms with E-state index in [0.29, 0.717) is 5.69 Å². The monoisotopic (exact) mass is 229 g/mol. The van der Waals surface area contributed by atoms with Gasteiger partial charge in [0.2, 0.25) is 0 Å². The number of hydrogen-bond donors (Lipinski definition) is 3. The van der Waals surface area contributed by atoms with Gasteiger partial charge in [-0.05, 0) is 12.1 Å². The molecule has 2 rings (SSSR count). The molecule has 0 bridgehead atoms. The molecule has 0 saturated heterocycles. The number of hydrogen-bond acceptors (Lipinski definition) is 4. The SMILES string of the molecule is Oc1cc(O)c(/C=N/c2ccccc2)c(O)c1. The maximum absolute atomic E-state index is 9.54. The predicted molar refractivity (Wildman–Crippen MR) is 65.1 cm³/mol. The van der Waals surface area contributed by atoms with E-state index in [1.165, 1.54) is 6.21 Å². The summed E-state index contributed by atoms with van der Waals surface area (Å²) < 4.78 is 0. The van der Waals surface area contributed by atoms with Crippen molar-refractivity contribution in [3.63, 3.8) is 0 Å². The Kier molecular flexibility index (Phi) is 2.96. The van der Waals surface area contributed by atoms with Crippen LogP contribution in [0.15, 0.2) is 47.5 Å².